The second-order valence-corrected chi connectivity index (χ2v) is 5.24. The van der Waals surface area contributed by atoms with Gasteiger partial charge in [0.05, 0.1) is 25.2 Å². The molecule has 3 rings (SSSR count). The fourth-order valence-electron chi connectivity index (χ4n) is 2.54. The Morgan fingerprint density at radius 2 is 1.86 bits per heavy atom. The first kappa shape index (κ1) is 14.5. The van der Waals surface area contributed by atoms with Gasteiger partial charge in [0.2, 0.25) is 5.91 Å². The highest BCUT2D eigenvalue weighted by Gasteiger charge is 2.39. The molecule has 0 aliphatic carbocycles. The van der Waals surface area contributed by atoms with Crippen LogP contribution in [0.15, 0.2) is 16.5 Å². The first-order chi connectivity index (χ1) is 10.6. The summed E-state index contributed by atoms with van der Waals surface area (Å²) in [4.78, 5) is 37.3. The predicted octanol–water partition coefficient (Wildman–Crippen LogP) is 0.119. The summed E-state index contributed by atoms with van der Waals surface area (Å²) in [5, 5.41) is 10.5. The minimum absolute atomic E-state index is 0.0257. The number of nitro groups is 1. The minimum atomic E-state index is -0.697. The Morgan fingerprint density at radius 3 is 2.45 bits per heavy atom. The van der Waals surface area contributed by atoms with E-state index in [1.54, 1.807) is 4.90 Å². The van der Waals surface area contributed by atoms with Crippen LogP contribution in [0.5, 0.6) is 0 Å². The Labute approximate surface area is 125 Å². The van der Waals surface area contributed by atoms with Crippen molar-refractivity contribution in [3.8, 4) is 0 Å². The number of hydrogen-bond donors (Lipinski definition) is 0. The van der Waals surface area contributed by atoms with E-state index in [1.165, 1.54) is 11.0 Å². The van der Waals surface area contributed by atoms with E-state index in [2.05, 4.69) is 0 Å². The molecule has 0 spiro atoms. The number of morpholine rings is 1. The lowest BCUT2D eigenvalue weighted by Crippen LogP contribution is -2.57. The lowest BCUT2D eigenvalue weighted by Gasteiger charge is -2.40. The van der Waals surface area contributed by atoms with Crippen molar-refractivity contribution in [2.24, 2.45) is 5.92 Å². The summed E-state index contributed by atoms with van der Waals surface area (Å²) in [6.07, 6.45) is 0. The van der Waals surface area contributed by atoms with Crippen LogP contribution in [0.2, 0.25) is 0 Å². The zero-order chi connectivity index (χ0) is 15.7. The summed E-state index contributed by atoms with van der Waals surface area (Å²) in [5.41, 5.74) is 0. The molecule has 0 saturated carbocycles. The quantitative estimate of drug-likeness (QED) is 0.580. The highest BCUT2D eigenvalue weighted by Crippen LogP contribution is 2.23. The molecule has 9 heteroatoms. The molecule has 2 amide bonds. The highest BCUT2D eigenvalue weighted by atomic mass is 16.6. The summed E-state index contributed by atoms with van der Waals surface area (Å²) in [6, 6.07) is 2.42. The first-order valence-electron chi connectivity index (χ1n) is 6.96. The summed E-state index contributed by atoms with van der Waals surface area (Å²) < 4.78 is 10.1. The third-order valence-electron chi connectivity index (χ3n) is 3.82. The summed E-state index contributed by atoms with van der Waals surface area (Å²) in [7, 11) is 0. The molecule has 1 aromatic heterocycles. The van der Waals surface area contributed by atoms with Gasteiger partial charge in [0, 0.05) is 26.2 Å². The van der Waals surface area contributed by atoms with E-state index in [-0.39, 0.29) is 17.6 Å². The van der Waals surface area contributed by atoms with Gasteiger partial charge < -0.3 is 19.0 Å². The van der Waals surface area contributed by atoms with Gasteiger partial charge in [-0.25, -0.2) is 0 Å². The second kappa shape index (κ2) is 5.76. The third-order valence-corrected chi connectivity index (χ3v) is 3.82. The molecule has 0 aromatic carbocycles. The zero-order valence-corrected chi connectivity index (χ0v) is 11.8. The lowest BCUT2D eigenvalue weighted by atomic mass is 9.98. The van der Waals surface area contributed by atoms with Crippen molar-refractivity contribution in [3.63, 3.8) is 0 Å². The largest absolute Gasteiger partial charge is 0.433 e. The summed E-state index contributed by atoms with van der Waals surface area (Å²) >= 11 is 0. The van der Waals surface area contributed by atoms with Crippen molar-refractivity contribution in [2.45, 2.75) is 0 Å². The lowest BCUT2D eigenvalue weighted by molar-refractivity contribution is -0.402. The predicted molar refractivity (Wildman–Crippen MR) is 72.2 cm³/mol. The van der Waals surface area contributed by atoms with E-state index in [1.807, 2.05) is 0 Å². The van der Waals surface area contributed by atoms with Crippen LogP contribution in [0.4, 0.5) is 5.88 Å². The van der Waals surface area contributed by atoms with Crippen molar-refractivity contribution >= 4 is 17.7 Å². The van der Waals surface area contributed by atoms with Crippen molar-refractivity contribution in [1.29, 1.82) is 0 Å². The number of amides is 2. The maximum Gasteiger partial charge on any atom is 0.433 e. The van der Waals surface area contributed by atoms with Gasteiger partial charge in [-0.3, -0.25) is 19.7 Å². The van der Waals surface area contributed by atoms with Crippen LogP contribution in [-0.2, 0) is 9.53 Å². The molecular weight excluding hydrogens is 294 g/mol. The minimum Gasteiger partial charge on any atom is -0.395 e. The van der Waals surface area contributed by atoms with Gasteiger partial charge >= 0.3 is 5.88 Å². The molecule has 0 unspecified atom stereocenters. The number of ether oxygens (including phenoxy) is 1. The average molecular weight is 309 g/mol. The van der Waals surface area contributed by atoms with Gasteiger partial charge in [0.1, 0.15) is 4.92 Å². The van der Waals surface area contributed by atoms with Crippen molar-refractivity contribution in [3.05, 3.63) is 28.0 Å². The van der Waals surface area contributed by atoms with Gasteiger partial charge in [0.15, 0.2) is 5.76 Å². The molecule has 22 heavy (non-hydrogen) atoms. The second-order valence-electron chi connectivity index (χ2n) is 5.24. The molecule has 2 aliphatic rings. The van der Waals surface area contributed by atoms with E-state index >= 15 is 0 Å². The van der Waals surface area contributed by atoms with Crippen LogP contribution in [0.1, 0.15) is 10.6 Å². The fraction of sp³-hybridized carbons (Fsp3) is 0.538. The molecule has 2 fully saturated rings. The van der Waals surface area contributed by atoms with Crippen molar-refractivity contribution in [1.82, 2.24) is 9.80 Å². The number of nitrogens with zero attached hydrogens (tertiary/aromatic N) is 3. The summed E-state index contributed by atoms with van der Waals surface area (Å²) in [6.45, 7) is 2.85. The number of furan rings is 1. The summed E-state index contributed by atoms with van der Waals surface area (Å²) in [5.74, 6) is -1.17. The smallest absolute Gasteiger partial charge is 0.395 e. The van der Waals surface area contributed by atoms with Gasteiger partial charge in [-0.05, 0) is 6.07 Å². The molecule has 3 heterocycles. The van der Waals surface area contributed by atoms with Crippen LogP contribution in [-0.4, -0.2) is 65.9 Å². The molecule has 0 atom stereocenters. The van der Waals surface area contributed by atoms with Crippen LogP contribution in [0.3, 0.4) is 0 Å². The van der Waals surface area contributed by atoms with E-state index in [4.69, 9.17) is 9.15 Å². The number of hydrogen-bond acceptors (Lipinski definition) is 6. The van der Waals surface area contributed by atoms with E-state index in [0.29, 0.717) is 39.4 Å². The molecule has 118 valence electrons. The van der Waals surface area contributed by atoms with Crippen LogP contribution >= 0.6 is 0 Å². The Hall–Kier alpha value is -2.42. The van der Waals surface area contributed by atoms with Gasteiger partial charge in [0.25, 0.3) is 5.91 Å². The topological polar surface area (TPSA) is 106 Å². The number of likely N-dealkylation sites (tertiary alicyclic amines) is 1. The van der Waals surface area contributed by atoms with Gasteiger partial charge in [-0.2, -0.15) is 0 Å². The number of carbonyl (C=O) groups is 2. The maximum atomic E-state index is 12.2. The molecule has 0 N–H and O–H groups in total. The SMILES string of the molecule is O=C(c1ccc([N+](=O)[O-])o1)N1CC(C(=O)N2CCOCC2)C1. The average Bonchev–Trinajstić information content (AvgIpc) is 2.96. The monoisotopic (exact) mass is 309 g/mol. The van der Waals surface area contributed by atoms with Crippen LogP contribution in [0.25, 0.3) is 0 Å². The van der Waals surface area contributed by atoms with Gasteiger partial charge in [-0.1, -0.05) is 0 Å². The maximum absolute atomic E-state index is 12.2. The third kappa shape index (κ3) is 2.67. The Bertz CT molecular complexity index is 601. The Kier molecular flexibility index (Phi) is 3.80. The van der Waals surface area contributed by atoms with E-state index in [9.17, 15) is 19.7 Å². The van der Waals surface area contributed by atoms with E-state index < -0.39 is 16.7 Å². The molecule has 9 nitrogen and oxygen atoms in total. The Balaban J connectivity index is 1.54. The van der Waals surface area contributed by atoms with Crippen LogP contribution < -0.4 is 0 Å². The molecular formula is C13H15N3O6. The molecule has 2 saturated heterocycles. The van der Waals surface area contributed by atoms with Gasteiger partial charge in [-0.15, -0.1) is 0 Å². The van der Waals surface area contributed by atoms with E-state index in [0.717, 1.165) is 6.07 Å². The Morgan fingerprint density at radius 1 is 1.18 bits per heavy atom. The molecule has 0 bridgehead atoms. The highest BCUT2D eigenvalue weighted by molar-refractivity contribution is 5.94. The normalized spacial score (nSPS) is 18.9. The number of carbonyl (C=O) groups excluding carboxylic acids is 2. The fourth-order valence-corrected chi connectivity index (χ4v) is 2.54. The van der Waals surface area contributed by atoms with Crippen molar-refractivity contribution in [2.75, 3.05) is 39.4 Å². The first-order valence-corrected chi connectivity index (χ1v) is 6.96. The van der Waals surface area contributed by atoms with Crippen molar-refractivity contribution < 1.29 is 23.7 Å². The molecule has 2 aliphatic heterocycles. The van der Waals surface area contributed by atoms with Crippen LogP contribution in [0, 0.1) is 16.0 Å². The zero-order valence-electron chi connectivity index (χ0n) is 11.8. The number of rotatable bonds is 3. The molecule has 1 aromatic rings. The standard InChI is InChI=1S/C13H15N3O6/c17-12(14-3-5-21-6-4-14)9-7-15(8-9)13(18)10-1-2-11(22-10)16(19)20/h1-2,9H,3-8H2. The molecule has 0 radical (unpaired) electrons.